The number of likely N-dealkylation sites (tertiary alicyclic amines) is 1. The van der Waals surface area contributed by atoms with Crippen LogP contribution in [0.1, 0.15) is 31.2 Å². The molecule has 3 amide bonds. The van der Waals surface area contributed by atoms with Gasteiger partial charge in [0, 0.05) is 5.69 Å². The zero-order valence-electron chi connectivity index (χ0n) is 16.2. The van der Waals surface area contributed by atoms with Crippen molar-refractivity contribution in [1.82, 2.24) is 4.90 Å². The van der Waals surface area contributed by atoms with Gasteiger partial charge in [-0.3, -0.25) is 19.3 Å². The summed E-state index contributed by atoms with van der Waals surface area (Å²) in [5.41, 5.74) is 1.67. The third-order valence-corrected chi connectivity index (χ3v) is 5.62. The maximum atomic E-state index is 12.5. The number of hydrogen-bond donors (Lipinski definition) is 1. The predicted molar refractivity (Wildman–Crippen MR) is 108 cm³/mol. The number of hydrogen-bond acceptors (Lipinski definition) is 4. The van der Waals surface area contributed by atoms with Crippen LogP contribution >= 0.6 is 0 Å². The number of carbonyl (C=O) groups excluding carboxylic acids is 3. The molecule has 2 atom stereocenters. The first-order chi connectivity index (χ1) is 14.1. The number of benzene rings is 2. The van der Waals surface area contributed by atoms with E-state index in [9.17, 15) is 14.4 Å². The van der Waals surface area contributed by atoms with Crippen LogP contribution in [0.25, 0.3) is 0 Å². The van der Waals surface area contributed by atoms with Gasteiger partial charge >= 0.3 is 0 Å². The van der Waals surface area contributed by atoms with Crippen molar-refractivity contribution in [3.8, 4) is 5.75 Å². The van der Waals surface area contributed by atoms with Crippen LogP contribution in [0.3, 0.4) is 0 Å². The van der Waals surface area contributed by atoms with E-state index in [0.29, 0.717) is 18.0 Å². The lowest BCUT2D eigenvalue weighted by atomic mass is 9.81. The van der Waals surface area contributed by atoms with E-state index in [2.05, 4.69) is 5.32 Å². The lowest BCUT2D eigenvalue weighted by molar-refractivity contribution is -0.142. The van der Waals surface area contributed by atoms with E-state index in [4.69, 9.17) is 4.74 Å². The molecule has 1 saturated heterocycles. The van der Waals surface area contributed by atoms with Gasteiger partial charge in [0.15, 0.2) is 0 Å². The summed E-state index contributed by atoms with van der Waals surface area (Å²) in [6, 6.07) is 16.9. The molecular formula is C23H24N2O4. The largest absolute Gasteiger partial charge is 0.489 e. The maximum Gasteiger partial charge on any atom is 0.244 e. The van der Waals surface area contributed by atoms with Crippen LogP contribution in [0.2, 0.25) is 0 Å². The molecule has 0 radical (unpaired) electrons. The first-order valence-electron chi connectivity index (χ1n) is 10.0. The average molecular weight is 392 g/mol. The Hall–Kier alpha value is -3.15. The van der Waals surface area contributed by atoms with Crippen LogP contribution < -0.4 is 10.1 Å². The lowest BCUT2D eigenvalue weighted by Crippen LogP contribution is -2.38. The molecule has 1 aliphatic heterocycles. The monoisotopic (exact) mass is 392 g/mol. The van der Waals surface area contributed by atoms with E-state index in [0.717, 1.165) is 36.1 Å². The van der Waals surface area contributed by atoms with E-state index in [1.165, 1.54) is 0 Å². The highest BCUT2D eigenvalue weighted by Crippen LogP contribution is 2.37. The van der Waals surface area contributed by atoms with Crippen molar-refractivity contribution in [3.63, 3.8) is 0 Å². The second-order valence-electron chi connectivity index (χ2n) is 7.61. The first-order valence-corrected chi connectivity index (χ1v) is 10.0. The SMILES string of the molecule is O=C(CN1C(=O)[C@H]2CCCC[C@@H]2C1=O)Nc1ccc(OCc2ccccc2)cc1. The van der Waals surface area contributed by atoms with Gasteiger partial charge in [-0.25, -0.2) is 0 Å². The Kier molecular flexibility index (Phi) is 5.60. The van der Waals surface area contributed by atoms with Crippen molar-refractivity contribution in [2.24, 2.45) is 11.8 Å². The van der Waals surface area contributed by atoms with Gasteiger partial charge in [-0.05, 0) is 42.7 Å². The van der Waals surface area contributed by atoms with Crippen LogP contribution in [0, 0.1) is 11.8 Å². The van der Waals surface area contributed by atoms with Crippen molar-refractivity contribution in [2.45, 2.75) is 32.3 Å². The Bertz CT molecular complexity index is 871. The molecule has 1 aliphatic carbocycles. The molecule has 2 aromatic rings. The quantitative estimate of drug-likeness (QED) is 0.765. The minimum absolute atomic E-state index is 0.195. The number of imide groups is 1. The Morgan fingerprint density at radius 2 is 1.55 bits per heavy atom. The zero-order chi connectivity index (χ0) is 20.2. The van der Waals surface area contributed by atoms with Gasteiger partial charge in [0.25, 0.3) is 0 Å². The second-order valence-corrected chi connectivity index (χ2v) is 7.61. The molecule has 29 heavy (non-hydrogen) atoms. The summed E-state index contributed by atoms with van der Waals surface area (Å²) in [4.78, 5) is 38.5. The van der Waals surface area contributed by atoms with Gasteiger partial charge in [-0.2, -0.15) is 0 Å². The highest BCUT2D eigenvalue weighted by Gasteiger charge is 2.48. The number of rotatable bonds is 6. The molecule has 1 saturated carbocycles. The predicted octanol–water partition coefficient (Wildman–Crippen LogP) is 3.38. The Labute approximate surface area is 169 Å². The Balaban J connectivity index is 1.30. The molecule has 0 spiro atoms. The summed E-state index contributed by atoms with van der Waals surface area (Å²) in [5, 5.41) is 2.75. The summed E-state index contributed by atoms with van der Waals surface area (Å²) in [6.07, 6.45) is 3.44. The third kappa shape index (κ3) is 4.31. The minimum Gasteiger partial charge on any atom is -0.489 e. The number of fused-ring (bicyclic) bond motifs is 1. The molecule has 0 bridgehead atoms. The van der Waals surface area contributed by atoms with Gasteiger partial charge in [0.1, 0.15) is 18.9 Å². The van der Waals surface area contributed by atoms with E-state index in [-0.39, 0.29) is 36.1 Å². The molecule has 2 fully saturated rings. The fourth-order valence-electron chi connectivity index (χ4n) is 4.11. The zero-order valence-corrected chi connectivity index (χ0v) is 16.2. The maximum absolute atomic E-state index is 12.5. The number of ether oxygens (including phenoxy) is 1. The van der Waals surface area contributed by atoms with Gasteiger partial charge in [-0.15, -0.1) is 0 Å². The van der Waals surface area contributed by atoms with Crippen molar-refractivity contribution in [3.05, 3.63) is 60.2 Å². The Morgan fingerprint density at radius 1 is 0.931 bits per heavy atom. The highest BCUT2D eigenvalue weighted by atomic mass is 16.5. The molecular weight excluding hydrogens is 368 g/mol. The molecule has 1 heterocycles. The summed E-state index contributed by atoms with van der Waals surface area (Å²) in [5.74, 6) is -0.529. The second kappa shape index (κ2) is 8.47. The molecule has 2 aromatic carbocycles. The normalized spacial score (nSPS) is 21.0. The lowest BCUT2D eigenvalue weighted by Gasteiger charge is -2.19. The van der Waals surface area contributed by atoms with Crippen LogP contribution in [0.15, 0.2) is 54.6 Å². The van der Waals surface area contributed by atoms with Crippen molar-refractivity contribution in [1.29, 1.82) is 0 Å². The van der Waals surface area contributed by atoms with E-state index >= 15 is 0 Å². The first kappa shape index (κ1) is 19.2. The van der Waals surface area contributed by atoms with Crippen LogP contribution in [0.4, 0.5) is 5.69 Å². The molecule has 1 N–H and O–H groups in total. The summed E-state index contributed by atoms with van der Waals surface area (Å²) in [6.45, 7) is 0.241. The van der Waals surface area contributed by atoms with E-state index < -0.39 is 0 Å². The van der Waals surface area contributed by atoms with Gasteiger partial charge < -0.3 is 10.1 Å². The number of amides is 3. The molecule has 0 unspecified atom stereocenters. The third-order valence-electron chi connectivity index (χ3n) is 5.62. The van der Waals surface area contributed by atoms with Crippen LogP contribution in [-0.4, -0.2) is 29.2 Å². The standard InChI is InChI=1S/C23H24N2O4/c26-21(14-25-22(27)19-8-4-5-9-20(19)23(25)28)24-17-10-12-18(13-11-17)29-15-16-6-2-1-3-7-16/h1-3,6-7,10-13,19-20H,4-5,8-9,14-15H2,(H,24,26)/t19-,20-/m0/s1. The molecule has 4 rings (SSSR count). The average Bonchev–Trinajstić information content (AvgIpc) is 2.99. The van der Waals surface area contributed by atoms with Gasteiger partial charge in [0.05, 0.1) is 11.8 Å². The molecule has 150 valence electrons. The summed E-state index contributed by atoms with van der Waals surface area (Å²) < 4.78 is 5.73. The molecule has 6 nitrogen and oxygen atoms in total. The molecule has 2 aliphatic rings. The van der Waals surface area contributed by atoms with Crippen molar-refractivity contribution < 1.29 is 19.1 Å². The van der Waals surface area contributed by atoms with Gasteiger partial charge in [0.2, 0.25) is 17.7 Å². The topological polar surface area (TPSA) is 75.7 Å². The Morgan fingerprint density at radius 3 is 2.17 bits per heavy atom. The van der Waals surface area contributed by atoms with E-state index in [1.807, 2.05) is 30.3 Å². The number of anilines is 1. The summed E-state index contributed by atoms with van der Waals surface area (Å²) >= 11 is 0. The van der Waals surface area contributed by atoms with Crippen molar-refractivity contribution in [2.75, 3.05) is 11.9 Å². The number of nitrogens with zero attached hydrogens (tertiary/aromatic N) is 1. The van der Waals surface area contributed by atoms with Crippen LogP contribution in [0.5, 0.6) is 5.75 Å². The number of nitrogens with one attached hydrogen (secondary N) is 1. The molecule has 6 heteroatoms. The molecule has 0 aromatic heterocycles. The fourth-order valence-corrected chi connectivity index (χ4v) is 4.11. The summed E-state index contributed by atoms with van der Waals surface area (Å²) in [7, 11) is 0. The van der Waals surface area contributed by atoms with E-state index in [1.54, 1.807) is 24.3 Å². The smallest absolute Gasteiger partial charge is 0.244 e. The fraction of sp³-hybridized carbons (Fsp3) is 0.348. The number of carbonyl (C=O) groups is 3. The minimum atomic E-state index is -0.372. The van der Waals surface area contributed by atoms with Crippen LogP contribution in [-0.2, 0) is 21.0 Å². The highest BCUT2D eigenvalue weighted by molar-refractivity contribution is 6.08. The van der Waals surface area contributed by atoms with Gasteiger partial charge in [-0.1, -0.05) is 43.2 Å². The van der Waals surface area contributed by atoms with Crippen molar-refractivity contribution >= 4 is 23.4 Å².